The molecule has 5 heteroatoms. The highest BCUT2D eigenvalue weighted by Gasteiger charge is 2.19. The summed E-state index contributed by atoms with van der Waals surface area (Å²) in [6.45, 7) is 3.79. The highest BCUT2D eigenvalue weighted by Crippen LogP contribution is 2.21. The predicted molar refractivity (Wildman–Crippen MR) is 72.0 cm³/mol. The van der Waals surface area contributed by atoms with Crippen LogP contribution >= 0.6 is 0 Å². The largest absolute Gasteiger partial charge is 0.385 e. The van der Waals surface area contributed by atoms with Crippen LogP contribution in [0.1, 0.15) is 24.8 Å². The van der Waals surface area contributed by atoms with E-state index in [0.717, 1.165) is 36.8 Å². The quantitative estimate of drug-likeness (QED) is 0.442. The lowest BCUT2D eigenvalue weighted by Gasteiger charge is -2.09. The average molecular weight is 249 g/mol. The van der Waals surface area contributed by atoms with Gasteiger partial charge in [-0.05, 0) is 38.3 Å². The fourth-order valence-electron chi connectivity index (χ4n) is 1.82. The predicted octanol–water partition coefficient (Wildman–Crippen LogP) is 2.46. The first-order valence-electron chi connectivity index (χ1n) is 6.39. The molecule has 0 unspecified atom stereocenters. The van der Waals surface area contributed by atoms with Crippen molar-refractivity contribution < 1.29 is 4.92 Å². The molecular formula is C13H19N3O2. The van der Waals surface area contributed by atoms with Gasteiger partial charge < -0.3 is 10.6 Å². The number of aryl methyl sites for hydroxylation is 1. The van der Waals surface area contributed by atoms with E-state index in [-0.39, 0.29) is 10.6 Å². The molecule has 0 atom stereocenters. The Bertz CT molecular complexity index is 430. The van der Waals surface area contributed by atoms with Crippen molar-refractivity contribution in [3.63, 3.8) is 0 Å². The first kappa shape index (κ1) is 12.8. The number of anilines is 1. The monoisotopic (exact) mass is 249 g/mol. The van der Waals surface area contributed by atoms with E-state index in [2.05, 4.69) is 10.6 Å². The summed E-state index contributed by atoms with van der Waals surface area (Å²) in [7, 11) is 0. The van der Waals surface area contributed by atoms with Gasteiger partial charge in [0.15, 0.2) is 0 Å². The van der Waals surface area contributed by atoms with Crippen molar-refractivity contribution in [1.29, 1.82) is 0 Å². The zero-order chi connectivity index (χ0) is 13.0. The number of rotatable bonds is 7. The first-order valence-corrected chi connectivity index (χ1v) is 6.39. The minimum atomic E-state index is -0.362. The van der Waals surface area contributed by atoms with Gasteiger partial charge in [0.1, 0.15) is 0 Å². The SMILES string of the molecule is Cc1ccc([N+](=O)[O-])cc1NCCCNC1CC1. The van der Waals surface area contributed by atoms with E-state index in [1.807, 2.05) is 6.92 Å². The normalized spacial score (nSPS) is 14.5. The van der Waals surface area contributed by atoms with E-state index in [0.29, 0.717) is 0 Å². The number of nitro groups is 1. The second-order valence-electron chi connectivity index (χ2n) is 4.77. The lowest BCUT2D eigenvalue weighted by molar-refractivity contribution is -0.384. The van der Waals surface area contributed by atoms with E-state index < -0.39 is 0 Å². The van der Waals surface area contributed by atoms with Crippen LogP contribution in [0.15, 0.2) is 18.2 Å². The van der Waals surface area contributed by atoms with Crippen LogP contribution in [0.25, 0.3) is 0 Å². The van der Waals surface area contributed by atoms with Crippen molar-refractivity contribution in [2.45, 2.75) is 32.2 Å². The van der Waals surface area contributed by atoms with Crippen molar-refractivity contribution >= 4 is 11.4 Å². The van der Waals surface area contributed by atoms with Crippen LogP contribution in [0, 0.1) is 17.0 Å². The van der Waals surface area contributed by atoms with Gasteiger partial charge >= 0.3 is 0 Å². The third-order valence-corrected chi connectivity index (χ3v) is 3.11. The molecule has 0 spiro atoms. The number of non-ortho nitro benzene ring substituents is 1. The molecule has 0 aliphatic heterocycles. The standard InChI is InChI=1S/C13H19N3O2/c1-10-3-6-12(16(17)18)9-13(10)15-8-2-7-14-11-4-5-11/h3,6,9,11,14-15H,2,4-5,7-8H2,1H3. The van der Waals surface area contributed by atoms with Crippen molar-refractivity contribution in [2.75, 3.05) is 18.4 Å². The van der Waals surface area contributed by atoms with Gasteiger partial charge in [0.25, 0.3) is 5.69 Å². The minimum absolute atomic E-state index is 0.138. The molecule has 1 aliphatic carbocycles. The summed E-state index contributed by atoms with van der Waals surface area (Å²) in [5.41, 5.74) is 2.03. The molecular weight excluding hydrogens is 230 g/mol. The molecule has 0 heterocycles. The molecule has 2 rings (SSSR count). The van der Waals surface area contributed by atoms with Crippen molar-refractivity contribution in [1.82, 2.24) is 5.32 Å². The molecule has 5 nitrogen and oxygen atoms in total. The van der Waals surface area contributed by atoms with E-state index in [1.54, 1.807) is 12.1 Å². The highest BCUT2D eigenvalue weighted by atomic mass is 16.6. The lowest BCUT2D eigenvalue weighted by atomic mass is 10.2. The van der Waals surface area contributed by atoms with Gasteiger partial charge in [-0.15, -0.1) is 0 Å². The molecule has 0 bridgehead atoms. The third-order valence-electron chi connectivity index (χ3n) is 3.11. The van der Waals surface area contributed by atoms with Gasteiger partial charge in [0, 0.05) is 30.4 Å². The van der Waals surface area contributed by atoms with Crippen LogP contribution in [0.3, 0.4) is 0 Å². The van der Waals surface area contributed by atoms with Crippen molar-refractivity contribution in [3.05, 3.63) is 33.9 Å². The summed E-state index contributed by atoms with van der Waals surface area (Å²) in [6, 6.07) is 5.66. The van der Waals surface area contributed by atoms with Crippen LogP contribution in [-0.4, -0.2) is 24.1 Å². The van der Waals surface area contributed by atoms with Gasteiger partial charge in [-0.1, -0.05) is 6.07 Å². The van der Waals surface area contributed by atoms with Gasteiger partial charge in [-0.2, -0.15) is 0 Å². The zero-order valence-electron chi connectivity index (χ0n) is 10.6. The second kappa shape index (κ2) is 5.82. The van der Waals surface area contributed by atoms with Crippen LogP contribution in [0.4, 0.5) is 11.4 Å². The summed E-state index contributed by atoms with van der Waals surface area (Å²) in [6.07, 6.45) is 3.63. The first-order chi connectivity index (χ1) is 8.66. The van der Waals surface area contributed by atoms with Crippen LogP contribution in [0.5, 0.6) is 0 Å². The zero-order valence-corrected chi connectivity index (χ0v) is 10.6. The van der Waals surface area contributed by atoms with Crippen molar-refractivity contribution in [2.24, 2.45) is 0 Å². The summed E-state index contributed by atoms with van der Waals surface area (Å²) in [5, 5.41) is 17.4. The second-order valence-corrected chi connectivity index (χ2v) is 4.77. The maximum Gasteiger partial charge on any atom is 0.271 e. The topological polar surface area (TPSA) is 67.2 Å². The molecule has 0 radical (unpaired) electrons. The molecule has 1 saturated carbocycles. The summed E-state index contributed by atoms with van der Waals surface area (Å²) >= 11 is 0. The molecule has 18 heavy (non-hydrogen) atoms. The Morgan fingerprint density at radius 2 is 2.17 bits per heavy atom. The maximum atomic E-state index is 10.7. The van der Waals surface area contributed by atoms with E-state index in [9.17, 15) is 10.1 Å². The Kier molecular flexibility index (Phi) is 4.15. The van der Waals surface area contributed by atoms with Gasteiger partial charge in [-0.25, -0.2) is 0 Å². The molecule has 0 aromatic heterocycles. The van der Waals surface area contributed by atoms with Crippen LogP contribution in [0.2, 0.25) is 0 Å². The Hall–Kier alpha value is -1.62. The smallest absolute Gasteiger partial charge is 0.271 e. The highest BCUT2D eigenvalue weighted by molar-refractivity contribution is 5.56. The Morgan fingerprint density at radius 1 is 1.39 bits per heavy atom. The van der Waals surface area contributed by atoms with E-state index in [1.165, 1.54) is 18.9 Å². The molecule has 0 saturated heterocycles. The Balaban J connectivity index is 1.79. The number of nitrogens with one attached hydrogen (secondary N) is 2. The van der Waals surface area contributed by atoms with Gasteiger partial charge in [0.2, 0.25) is 0 Å². The number of hydrogen-bond donors (Lipinski definition) is 2. The van der Waals surface area contributed by atoms with E-state index in [4.69, 9.17) is 0 Å². The summed E-state index contributed by atoms with van der Waals surface area (Å²) in [4.78, 5) is 10.3. The Morgan fingerprint density at radius 3 is 2.83 bits per heavy atom. The molecule has 1 aromatic carbocycles. The fraction of sp³-hybridized carbons (Fsp3) is 0.538. The molecule has 98 valence electrons. The lowest BCUT2D eigenvalue weighted by Crippen LogP contribution is -2.20. The molecule has 1 aromatic rings. The van der Waals surface area contributed by atoms with Gasteiger partial charge in [0.05, 0.1) is 4.92 Å². The Labute approximate surface area is 107 Å². The van der Waals surface area contributed by atoms with Crippen LogP contribution in [-0.2, 0) is 0 Å². The summed E-state index contributed by atoms with van der Waals surface area (Å²) in [5.74, 6) is 0. The molecule has 2 N–H and O–H groups in total. The number of benzene rings is 1. The number of nitrogens with zero attached hydrogens (tertiary/aromatic N) is 1. The number of hydrogen-bond acceptors (Lipinski definition) is 4. The van der Waals surface area contributed by atoms with Crippen molar-refractivity contribution in [3.8, 4) is 0 Å². The molecule has 0 amide bonds. The third kappa shape index (κ3) is 3.70. The fourth-order valence-corrected chi connectivity index (χ4v) is 1.82. The summed E-state index contributed by atoms with van der Waals surface area (Å²) < 4.78 is 0. The van der Waals surface area contributed by atoms with Crippen LogP contribution < -0.4 is 10.6 Å². The minimum Gasteiger partial charge on any atom is -0.385 e. The van der Waals surface area contributed by atoms with E-state index >= 15 is 0 Å². The molecule has 1 fully saturated rings. The average Bonchev–Trinajstić information content (AvgIpc) is 3.14. The van der Waals surface area contributed by atoms with Gasteiger partial charge in [-0.3, -0.25) is 10.1 Å². The molecule has 1 aliphatic rings. The maximum absolute atomic E-state index is 10.7. The number of nitro benzene ring substituents is 1.